The number of hydrogen-bond donors (Lipinski definition) is 1. The van der Waals surface area contributed by atoms with Gasteiger partial charge in [-0.25, -0.2) is 9.18 Å². The Bertz CT molecular complexity index is 815. The van der Waals surface area contributed by atoms with E-state index < -0.39 is 18.2 Å². The number of carboxylic acid groups (broad SMARTS) is 1. The molecular weight excluding hydrogens is 422 g/mol. The van der Waals surface area contributed by atoms with Gasteiger partial charge >= 0.3 is 5.97 Å². The molecule has 0 saturated heterocycles. The van der Waals surface area contributed by atoms with Crippen LogP contribution in [-0.4, -0.2) is 42.7 Å². The summed E-state index contributed by atoms with van der Waals surface area (Å²) in [6.07, 6.45) is -2.38. The summed E-state index contributed by atoms with van der Waals surface area (Å²) in [5, 5.41) is 10.0. The molecule has 0 spiro atoms. The number of hydrogen-bond acceptors (Lipinski definition) is 4. The molecule has 158 valence electrons. The van der Waals surface area contributed by atoms with Gasteiger partial charge in [-0.3, -0.25) is 0 Å². The Hall–Kier alpha value is -2.02. The molecule has 0 aromatic heterocycles. The first-order chi connectivity index (χ1) is 13.7. The number of halogens is 3. The summed E-state index contributed by atoms with van der Waals surface area (Å²) in [5.74, 6) is -0.263. The zero-order chi connectivity index (χ0) is 21.4. The molecule has 0 bridgehead atoms. The van der Waals surface area contributed by atoms with Crippen molar-refractivity contribution in [3.63, 3.8) is 0 Å². The molecule has 2 aromatic carbocycles. The fourth-order valence-corrected chi connectivity index (χ4v) is 2.97. The van der Waals surface area contributed by atoms with Crippen molar-refractivity contribution in [1.29, 1.82) is 0 Å². The van der Waals surface area contributed by atoms with E-state index in [9.17, 15) is 14.3 Å². The summed E-state index contributed by atoms with van der Waals surface area (Å²) < 4.78 is 30.4. The van der Waals surface area contributed by atoms with Gasteiger partial charge in [-0.1, -0.05) is 35.3 Å². The zero-order valence-corrected chi connectivity index (χ0v) is 17.6. The number of carbonyl (C=O) groups is 1. The minimum Gasteiger partial charge on any atom is -0.490 e. The van der Waals surface area contributed by atoms with Gasteiger partial charge in [0.05, 0.1) is 11.1 Å². The van der Waals surface area contributed by atoms with Crippen molar-refractivity contribution in [2.24, 2.45) is 0 Å². The molecule has 0 aliphatic carbocycles. The molecular formula is C21H23Cl2FO5. The van der Waals surface area contributed by atoms with E-state index in [-0.39, 0.29) is 25.7 Å². The SMILES string of the molecule is CC(C)OC(Cc1cccc(OCC(F)COc2ccc(Cl)cc2Cl)c1)C(=O)O. The van der Waals surface area contributed by atoms with E-state index >= 15 is 0 Å². The molecule has 0 radical (unpaired) electrons. The summed E-state index contributed by atoms with van der Waals surface area (Å²) >= 11 is 11.8. The number of ether oxygens (including phenoxy) is 3. The number of alkyl halides is 1. The van der Waals surface area contributed by atoms with Gasteiger partial charge in [0, 0.05) is 11.4 Å². The third kappa shape index (κ3) is 8.09. The van der Waals surface area contributed by atoms with E-state index in [1.807, 2.05) is 0 Å². The quantitative estimate of drug-likeness (QED) is 0.515. The van der Waals surface area contributed by atoms with E-state index in [0.717, 1.165) is 5.56 Å². The van der Waals surface area contributed by atoms with Gasteiger partial charge in [0.25, 0.3) is 0 Å². The fourth-order valence-electron chi connectivity index (χ4n) is 2.51. The highest BCUT2D eigenvalue weighted by Crippen LogP contribution is 2.27. The van der Waals surface area contributed by atoms with Crippen LogP contribution in [0.1, 0.15) is 19.4 Å². The van der Waals surface area contributed by atoms with E-state index in [4.69, 9.17) is 37.4 Å². The molecule has 0 aliphatic heterocycles. The Balaban J connectivity index is 1.87. The van der Waals surface area contributed by atoms with Gasteiger partial charge < -0.3 is 19.3 Å². The third-order valence-electron chi connectivity index (χ3n) is 3.78. The van der Waals surface area contributed by atoms with Crippen LogP contribution in [0.25, 0.3) is 0 Å². The lowest BCUT2D eigenvalue weighted by Gasteiger charge is -2.17. The molecule has 29 heavy (non-hydrogen) atoms. The Morgan fingerprint density at radius 2 is 1.83 bits per heavy atom. The lowest BCUT2D eigenvalue weighted by Crippen LogP contribution is -2.29. The van der Waals surface area contributed by atoms with Crippen molar-refractivity contribution in [3.05, 3.63) is 58.1 Å². The molecule has 2 aromatic rings. The largest absolute Gasteiger partial charge is 0.490 e. The maximum absolute atomic E-state index is 14.1. The molecule has 0 saturated carbocycles. The summed E-state index contributed by atoms with van der Waals surface area (Å²) in [7, 11) is 0. The molecule has 0 fully saturated rings. The second kappa shape index (κ2) is 11.2. The zero-order valence-electron chi connectivity index (χ0n) is 16.1. The van der Waals surface area contributed by atoms with E-state index in [2.05, 4.69) is 0 Å². The lowest BCUT2D eigenvalue weighted by molar-refractivity contribution is -0.153. The molecule has 8 heteroatoms. The van der Waals surface area contributed by atoms with Crippen LogP contribution >= 0.6 is 23.2 Å². The Morgan fingerprint density at radius 1 is 1.10 bits per heavy atom. The van der Waals surface area contributed by atoms with Crippen LogP contribution in [0.3, 0.4) is 0 Å². The highest BCUT2D eigenvalue weighted by molar-refractivity contribution is 6.35. The molecule has 0 amide bonds. The van der Waals surface area contributed by atoms with Crippen molar-refractivity contribution in [1.82, 2.24) is 0 Å². The molecule has 1 N–H and O–H groups in total. The molecule has 2 unspecified atom stereocenters. The summed E-state index contributed by atoms with van der Waals surface area (Å²) in [4.78, 5) is 11.3. The Kier molecular flexibility index (Phi) is 9.01. The van der Waals surface area contributed by atoms with Gasteiger partial charge in [-0.05, 0) is 49.7 Å². The molecule has 5 nitrogen and oxygen atoms in total. The van der Waals surface area contributed by atoms with Gasteiger partial charge in [0.15, 0.2) is 12.3 Å². The summed E-state index contributed by atoms with van der Waals surface area (Å²) in [5.41, 5.74) is 0.718. The van der Waals surface area contributed by atoms with Crippen molar-refractivity contribution in [2.45, 2.75) is 38.6 Å². The van der Waals surface area contributed by atoms with Crippen molar-refractivity contribution < 1.29 is 28.5 Å². The molecule has 0 heterocycles. The first-order valence-electron chi connectivity index (χ1n) is 9.06. The minimum atomic E-state index is -1.39. The first-order valence-corrected chi connectivity index (χ1v) is 9.82. The van der Waals surface area contributed by atoms with Crippen LogP contribution in [0.5, 0.6) is 11.5 Å². The van der Waals surface area contributed by atoms with Gasteiger partial charge in [-0.2, -0.15) is 0 Å². The maximum atomic E-state index is 14.1. The fraction of sp³-hybridized carbons (Fsp3) is 0.381. The smallest absolute Gasteiger partial charge is 0.333 e. The standard InChI is InChI=1S/C21H23Cl2FO5/c1-13(2)29-20(21(25)26)9-14-4-3-5-17(8-14)27-11-16(24)12-28-19-7-6-15(22)10-18(19)23/h3-8,10,13,16,20H,9,11-12H2,1-2H3,(H,25,26). The molecule has 2 atom stereocenters. The van der Waals surface area contributed by atoms with Gasteiger partial charge in [0.1, 0.15) is 24.7 Å². The van der Waals surface area contributed by atoms with Crippen LogP contribution in [0, 0.1) is 0 Å². The first kappa shape index (κ1) is 23.3. The lowest BCUT2D eigenvalue weighted by atomic mass is 10.1. The highest BCUT2D eigenvalue weighted by Gasteiger charge is 2.20. The summed E-state index contributed by atoms with van der Waals surface area (Å²) in [6.45, 7) is 3.09. The van der Waals surface area contributed by atoms with Gasteiger partial charge in [0.2, 0.25) is 0 Å². The van der Waals surface area contributed by atoms with Gasteiger partial charge in [-0.15, -0.1) is 0 Å². The Labute approximate surface area is 179 Å². The highest BCUT2D eigenvalue weighted by atomic mass is 35.5. The van der Waals surface area contributed by atoms with Crippen LogP contribution in [0.2, 0.25) is 10.0 Å². The van der Waals surface area contributed by atoms with Crippen LogP contribution in [0.15, 0.2) is 42.5 Å². The third-order valence-corrected chi connectivity index (χ3v) is 4.31. The number of aliphatic carboxylic acids is 1. The number of carboxylic acids is 1. The van der Waals surface area contributed by atoms with E-state index in [1.165, 1.54) is 6.07 Å². The van der Waals surface area contributed by atoms with E-state index in [0.29, 0.717) is 21.5 Å². The summed E-state index contributed by atoms with van der Waals surface area (Å²) in [6, 6.07) is 11.5. The Morgan fingerprint density at radius 3 is 2.48 bits per heavy atom. The second-order valence-corrected chi connectivity index (χ2v) is 7.50. The van der Waals surface area contributed by atoms with Crippen LogP contribution < -0.4 is 9.47 Å². The van der Waals surface area contributed by atoms with E-state index in [1.54, 1.807) is 50.2 Å². The average Bonchev–Trinajstić information content (AvgIpc) is 2.65. The van der Waals surface area contributed by atoms with Crippen molar-refractivity contribution in [3.8, 4) is 11.5 Å². The normalized spacial score (nSPS) is 13.2. The van der Waals surface area contributed by atoms with Crippen LogP contribution in [0.4, 0.5) is 4.39 Å². The molecule has 2 rings (SSSR count). The van der Waals surface area contributed by atoms with Crippen LogP contribution in [-0.2, 0) is 16.0 Å². The topological polar surface area (TPSA) is 65.0 Å². The predicted octanol–water partition coefficient (Wildman–Crippen LogP) is 5.21. The van der Waals surface area contributed by atoms with Crippen molar-refractivity contribution >= 4 is 29.2 Å². The second-order valence-electron chi connectivity index (χ2n) is 6.66. The number of benzene rings is 2. The monoisotopic (exact) mass is 444 g/mol. The maximum Gasteiger partial charge on any atom is 0.333 e. The molecule has 0 aliphatic rings. The van der Waals surface area contributed by atoms with Crippen molar-refractivity contribution in [2.75, 3.05) is 13.2 Å². The number of rotatable bonds is 11. The minimum absolute atomic E-state index is 0.182. The average molecular weight is 445 g/mol. The predicted molar refractivity (Wildman–Crippen MR) is 110 cm³/mol.